The van der Waals surface area contributed by atoms with Gasteiger partial charge in [-0.1, -0.05) is 43.3 Å². The van der Waals surface area contributed by atoms with E-state index in [1.165, 1.54) is 16.0 Å². The van der Waals surface area contributed by atoms with Crippen LogP contribution in [0.15, 0.2) is 40.6 Å². The van der Waals surface area contributed by atoms with Crippen LogP contribution >= 0.6 is 11.8 Å². The van der Waals surface area contributed by atoms with Crippen LogP contribution < -0.4 is 5.32 Å². The van der Waals surface area contributed by atoms with Crippen LogP contribution in [0.2, 0.25) is 0 Å². The van der Waals surface area contributed by atoms with Crippen LogP contribution in [0.25, 0.3) is 0 Å². The normalized spacial score (nSPS) is 11.1. The molecule has 96 valence electrons. The van der Waals surface area contributed by atoms with Gasteiger partial charge in [0.2, 0.25) is 0 Å². The predicted molar refractivity (Wildman–Crippen MR) is 75.9 cm³/mol. The summed E-state index contributed by atoms with van der Waals surface area (Å²) in [4.78, 5) is 8.63. The minimum Gasteiger partial charge on any atom is -0.339 e. The molecule has 1 aromatic heterocycles. The molecule has 1 heterocycles. The van der Waals surface area contributed by atoms with Crippen molar-refractivity contribution in [2.45, 2.75) is 43.4 Å². The molecular formula is C14H19N3S. The number of nitrogens with one attached hydrogen (secondary N) is 2. The highest BCUT2D eigenvalue weighted by Gasteiger charge is 2.07. The zero-order chi connectivity index (χ0) is 13.0. The second-order valence-corrected chi connectivity index (χ2v) is 5.67. The molecule has 0 radical (unpaired) electrons. The van der Waals surface area contributed by atoms with Gasteiger partial charge in [-0.2, -0.15) is 0 Å². The Hall–Kier alpha value is -1.26. The summed E-state index contributed by atoms with van der Waals surface area (Å²) in [5.41, 5.74) is 2.62. The second kappa shape index (κ2) is 6.07. The molecule has 2 N–H and O–H groups in total. The molecule has 0 unspecified atom stereocenters. The molecule has 0 saturated carbocycles. The average Bonchev–Trinajstić information content (AvgIpc) is 2.82. The summed E-state index contributed by atoms with van der Waals surface area (Å²) in [7, 11) is 0. The first-order valence-electron chi connectivity index (χ1n) is 6.15. The Morgan fingerprint density at radius 3 is 2.89 bits per heavy atom. The number of aryl methyl sites for hydroxylation is 1. The topological polar surface area (TPSA) is 40.7 Å². The molecule has 0 fully saturated rings. The molecule has 3 nitrogen and oxygen atoms in total. The average molecular weight is 261 g/mol. The van der Waals surface area contributed by atoms with Gasteiger partial charge in [0.15, 0.2) is 5.16 Å². The first-order chi connectivity index (χ1) is 8.65. The van der Waals surface area contributed by atoms with Crippen molar-refractivity contribution in [1.82, 2.24) is 15.3 Å². The molecule has 0 aliphatic carbocycles. The maximum absolute atomic E-state index is 4.26. The Morgan fingerprint density at radius 1 is 1.39 bits per heavy atom. The first kappa shape index (κ1) is 13.2. The molecule has 2 aromatic rings. The largest absolute Gasteiger partial charge is 0.339 e. The number of aromatic amines is 1. The molecule has 0 saturated heterocycles. The van der Waals surface area contributed by atoms with E-state index in [1.54, 1.807) is 18.0 Å². The summed E-state index contributed by atoms with van der Waals surface area (Å²) < 4.78 is 0. The molecule has 0 aliphatic rings. The van der Waals surface area contributed by atoms with Crippen molar-refractivity contribution < 1.29 is 0 Å². The highest BCUT2D eigenvalue weighted by molar-refractivity contribution is 7.99. The molecule has 0 atom stereocenters. The summed E-state index contributed by atoms with van der Waals surface area (Å²) in [6.07, 6.45) is 3.63. The predicted octanol–water partition coefficient (Wildman–Crippen LogP) is 3.37. The van der Waals surface area contributed by atoms with E-state index >= 15 is 0 Å². The molecule has 1 aromatic carbocycles. The van der Waals surface area contributed by atoms with Crippen LogP contribution in [0.5, 0.6) is 0 Å². The Kier molecular flexibility index (Phi) is 4.44. The molecule has 18 heavy (non-hydrogen) atoms. The summed E-state index contributed by atoms with van der Waals surface area (Å²) >= 11 is 1.67. The smallest absolute Gasteiger partial charge is 0.170 e. The lowest BCUT2D eigenvalue weighted by molar-refractivity contribution is 0.584. The third kappa shape index (κ3) is 3.62. The van der Waals surface area contributed by atoms with Gasteiger partial charge in [-0.15, -0.1) is 0 Å². The van der Waals surface area contributed by atoms with Crippen LogP contribution in [-0.4, -0.2) is 16.0 Å². The summed E-state index contributed by atoms with van der Waals surface area (Å²) in [5.74, 6) is 0. The van der Waals surface area contributed by atoms with Gasteiger partial charge < -0.3 is 10.3 Å². The maximum Gasteiger partial charge on any atom is 0.170 e. The van der Waals surface area contributed by atoms with Crippen molar-refractivity contribution >= 4 is 11.8 Å². The van der Waals surface area contributed by atoms with Crippen molar-refractivity contribution in [2.75, 3.05) is 0 Å². The van der Waals surface area contributed by atoms with Gasteiger partial charge in [-0.3, -0.25) is 0 Å². The molecule has 2 rings (SSSR count). The molecule has 0 aliphatic heterocycles. The first-order valence-corrected chi connectivity index (χ1v) is 6.97. The zero-order valence-electron chi connectivity index (χ0n) is 11.0. The summed E-state index contributed by atoms with van der Waals surface area (Å²) in [5, 5.41) is 4.40. The van der Waals surface area contributed by atoms with Crippen LogP contribution in [0.3, 0.4) is 0 Å². The third-order valence-corrected chi connectivity index (χ3v) is 3.63. The lowest BCUT2D eigenvalue weighted by Crippen LogP contribution is -2.22. The van der Waals surface area contributed by atoms with E-state index in [2.05, 4.69) is 54.3 Å². The van der Waals surface area contributed by atoms with Crippen LogP contribution in [0, 0.1) is 6.92 Å². The van der Waals surface area contributed by atoms with Crippen LogP contribution in [-0.2, 0) is 6.54 Å². The quantitative estimate of drug-likeness (QED) is 0.867. The molecule has 0 bridgehead atoms. The highest BCUT2D eigenvalue weighted by Crippen LogP contribution is 2.28. The Bertz CT molecular complexity index is 492. The number of nitrogens with zero attached hydrogens (tertiary/aromatic N) is 1. The fourth-order valence-corrected chi connectivity index (χ4v) is 2.52. The molecular weight excluding hydrogens is 242 g/mol. The van der Waals surface area contributed by atoms with Crippen molar-refractivity contribution in [1.29, 1.82) is 0 Å². The SMILES string of the molecule is Cc1ccc(Sc2ncc[nH]2)c(CNC(C)C)c1. The van der Waals surface area contributed by atoms with Crippen molar-refractivity contribution in [3.63, 3.8) is 0 Å². The van der Waals surface area contributed by atoms with Crippen molar-refractivity contribution in [3.8, 4) is 0 Å². The minimum atomic E-state index is 0.493. The second-order valence-electron chi connectivity index (χ2n) is 4.64. The van der Waals surface area contributed by atoms with Crippen molar-refractivity contribution in [2.24, 2.45) is 0 Å². The van der Waals surface area contributed by atoms with E-state index < -0.39 is 0 Å². The molecule has 4 heteroatoms. The van der Waals surface area contributed by atoms with Crippen molar-refractivity contribution in [3.05, 3.63) is 41.7 Å². The number of benzene rings is 1. The van der Waals surface area contributed by atoms with Gasteiger partial charge in [-0.25, -0.2) is 4.98 Å². The van der Waals surface area contributed by atoms with E-state index in [4.69, 9.17) is 0 Å². The lowest BCUT2D eigenvalue weighted by atomic mass is 10.1. The maximum atomic E-state index is 4.26. The molecule has 0 spiro atoms. The van der Waals surface area contributed by atoms with Crippen LogP contribution in [0.1, 0.15) is 25.0 Å². The van der Waals surface area contributed by atoms with E-state index in [-0.39, 0.29) is 0 Å². The number of hydrogen-bond donors (Lipinski definition) is 2. The van der Waals surface area contributed by atoms with Gasteiger partial charge in [0, 0.05) is 29.9 Å². The fraction of sp³-hybridized carbons (Fsp3) is 0.357. The zero-order valence-corrected chi connectivity index (χ0v) is 11.8. The molecule has 0 amide bonds. The number of H-pyrrole nitrogens is 1. The minimum absolute atomic E-state index is 0.493. The monoisotopic (exact) mass is 261 g/mol. The van der Waals surface area contributed by atoms with E-state index in [9.17, 15) is 0 Å². The van der Waals surface area contributed by atoms with Gasteiger partial charge >= 0.3 is 0 Å². The third-order valence-electron chi connectivity index (χ3n) is 2.60. The van der Waals surface area contributed by atoms with Gasteiger partial charge in [0.1, 0.15) is 0 Å². The van der Waals surface area contributed by atoms with E-state index in [1.807, 2.05) is 6.20 Å². The summed E-state index contributed by atoms with van der Waals surface area (Å²) in [6.45, 7) is 7.34. The highest BCUT2D eigenvalue weighted by atomic mass is 32.2. The Morgan fingerprint density at radius 2 is 2.22 bits per heavy atom. The van der Waals surface area contributed by atoms with Gasteiger partial charge in [0.25, 0.3) is 0 Å². The van der Waals surface area contributed by atoms with E-state index in [0.717, 1.165) is 11.7 Å². The lowest BCUT2D eigenvalue weighted by Gasteiger charge is -2.12. The standard InChI is InChI=1S/C14H19N3S/c1-10(2)17-9-12-8-11(3)4-5-13(12)18-14-15-6-7-16-14/h4-8,10,17H,9H2,1-3H3,(H,15,16). The number of aromatic nitrogens is 2. The Labute approximate surface area is 112 Å². The number of hydrogen-bond acceptors (Lipinski definition) is 3. The number of imidazole rings is 1. The van der Waals surface area contributed by atoms with Gasteiger partial charge in [0.05, 0.1) is 0 Å². The summed E-state index contributed by atoms with van der Waals surface area (Å²) in [6, 6.07) is 7.04. The van der Waals surface area contributed by atoms with Gasteiger partial charge in [-0.05, 0) is 18.6 Å². The van der Waals surface area contributed by atoms with E-state index in [0.29, 0.717) is 6.04 Å². The number of rotatable bonds is 5. The fourth-order valence-electron chi connectivity index (χ4n) is 1.67. The van der Waals surface area contributed by atoms with Crippen LogP contribution in [0.4, 0.5) is 0 Å². The Balaban J connectivity index is 2.17.